The highest BCUT2D eigenvalue weighted by molar-refractivity contribution is 7.92. The van der Waals surface area contributed by atoms with Gasteiger partial charge in [0.25, 0.3) is 0 Å². The molecule has 1 fully saturated rings. The van der Waals surface area contributed by atoms with Crippen LogP contribution in [0.4, 0.5) is 5.69 Å². The summed E-state index contributed by atoms with van der Waals surface area (Å²) in [6.45, 7) is 1.11. The largest absolute Gasteiger partial charge is 0.495 e. The maximum atomic E-state index is 13.7. The van der Waals surface area contributed by atoms with Crippen LogP contribution in [0.3, 0.4) is 0 Å². The number of nitrogens with zero attached hydrogens (tertiary/aromatic N) is 2. The van der Waals surface area contributed by atoms with E-state index in [0.717, 1.165) is 42.7 Å². The molecule has 1 unspecified atom stereocenters. The first-order valence-corrected chi connectivity index (χ1v) is 15.2. The van der Waals surface area contributed by atoms with Crippen LogP contribution in [-0.4, -0.2) is 57.1 Å². The number of nitrogens with one attached hydrogen (secondary N) is 1. The zero-order chi connectivity index (χ0) is 28.0. The Bertz CT molecular complexity index is 1270. The minimum Gasteiger partial charge on any atom is -0.495 e. The summed E-state index contributed by atoms with van der Waals surface area (Å²) in [5.41, 5.74) is 0.837. The van der Waals surface area contributed by atoms with Gasteiger partial charge in [-0.3, -0.25) is 13.9 Å². The molecule has 1 saturated carbocycles. The van der Waals surface area contributed by atoms with E-state index in [1.165, 1.54) is 30.2 Å². The number of hydrogen-bond acceptors (Lipinski definition) is 5. The summed E-state index contributed by atoms with van der Waals surface area (Å²) >= 11 is 18.5. The lowest BCUT2D eigenvalue weighted by Gasteiger charge is -2.33. The van der Waals surface area contributed by atoms with E-state index < -0.39 is 28.5 Å². The van der Waals surface area contributed by atoms with Crippen LogP contribution in [0, 0.1) is 0 Å². The average Bonchev–Trinajstić information content (AvgIpc) is 2.87. The summed E-state index contributed by atoms with van der Waals surface area (Å²) in [5, 5.41) is 3.91. The highest BCUT2D eigenvalue weighted by atomic mass is 35.5. The summed E-state index contributed by atoms with van der Waals surface area (Å²) < 4.78 is 31.6. The van der Waals surface area contributed by atoms with E-state index in [0.29, 0.717) is 21.4 Å². The standard InChI is InChI=1S/C26H32Cl3N3O5S/c1-17(26(34)30-19-7-5-4-6-8-19)31(15-18-9-11-21(27)22(28)13-18)25(33)16-32(38(3,35)36)20-10-12-24(37-2)23(29)14-20/h9-14,17,19H,4-8,15-16H2,1-3H3,(H,30,34). The van der Waals surface area contributed by atoms with Crippen LogP contribution in [0.15, 0.2) is 36.4 Å². The Morgan fingerprint density at radius 2 is 1.71 bits per heavy atom. The summed E-state index contributed by atoms with van der Waals surface area (Å²) in [7, 11) is -2.45. The van der Waals surface area contributed by atoms with Crippen molar-refractivity contribution < 1.29 is 22.7 Å². The Morgan fingerprint density at radius 3 is 2.29 bits per heavy atom. The molecule has 3 rings (SSSR count). The summed E-state index contributed by atoms with van der Waals surface area (Å²) in [5.74, 6) is -0.507. The third-order valence-electron chi connectivity index (χ3n) is 6.56. The molecule has 0 aliphatic heterocycles. The van der Waals surface area contributed by atoms with Crippen molar-refractivity contribution in [1.82, 2.24) is 10.2 Å². The van der Waals surface area contributed by atoms with Gasteiger partial charge in [-0.05, 0) is 55.7 Å². The van der Waals surface area contributed by atoms with Crippen LogP contribution < -0.4 is 14.4 Å². The Kier molecular flexibility index (Phi) is 10.6. The van der Waals surface area contributed by atoms with Gasteiger partial charge in [-0.2, -0.15) is 0 Å². The number of amides is 2. The highest BCUT2D eigenvalue weighted by Gasteiger charge is 2.31. The van der Waals surface area contributed by atoms with E-state index in [-0.39, 0.29) is 29.2 Å². The molecule has 1 aliphatic rings. The van der Waals surface area contributed by atoms with Gasteiger partial charge in [-0.25, -0.2) is 8.42 Å². The van der Waals surface area contributed by atoms with Gasteiger partial charge >= 0.3 is 0 Å². The van der Waals surface area contributed by atoms with E-state index in [1.54, 1.807) is 25.1 Å². The Balaban J connectivity index is 1.91. The lowest BCUT2D eigenvalue weighted by molar-refractivity contribution is -0.139. The van der Waals surface area contributed by atoms with Gasteiger partial charge in [-0.15, -0.1) is 0 Å². The van der Waals surface area contributed by atoms with Gasteiger partial charge in [0.05, 0.1) is 34.1 Å². The molecule has 0 aromatic heterocycles. The normalized spacial score (nSPS) is 15.0. The number of ether oxygens (including phenoxy) is 1. The van der Waals surface area contributed by atoms with E-state index >= 15 is 0 Å². The van der Waals surface area contributed by atoms with Crippen LogP contribution >= 0.6 is 34.8 Å². The molecule has 2 amide bonds. The summed E-state index contributed by atoms with van der Waals surface area (Å²) in [6, 6.07) is 8.55. The lowest BCUT2D eigenvalue weighted by Crippen LogP contribution is -2.52. The molecule has 0 spiro atoms. The number of methoxy groups -OCH3 is 1. The molecule has 1 N–H and O–H groups in total. The summed E-state index contributed by atoms with van der Waals surface area (Å²) in [4.78, 5) is 28.3. The molecule has 12 heteroatoms. The van der Waals surface area contributed by atoms with Crippen LogP contribution in [-0.2, 0) is 26.2 Å². The molecule has 8 nitrogen and oxygen atoms in total. The van der Waals surface area contributed by atoms with E-state index in [2.05, 4.69) is 5.32 Å². The maximum Gasteiger partial charge on any atom is 0.244 e. The van der Waals surface area contributed by atoms with Crippen LogP contribution in [0.25, 0.3) is 0 Å². The minimum atomic E-state index is -3.89. The van der Waals surface area contributed by atoms with Crippen molar-refractivity contribution in [2.24, 2.45) is 0 Å². The topological polar surface area (TPSA) is 96.0 Å². The quantitative estimate of drug-likeness (QED) is 0.398. The monoisotopic (exact) mass is 603 g/mol. The average molecular weight is 605 g/mol. The molecular weight excluding hydrogens is 573 g/mol. The molecule has 1 atom stereocenters. The smallest absolute Gasteiger partial charge is 0.244 e. The van der Waals surface area contributed by atoms with Crippen molar-refractivity contribution in [2.75, 3.05) is 24.2 Å². The molecule has 0 bridgehead atoms. The molecule has 1 aliphatic carbocycles. The number of carbonyl (C=O) groups is 2. The Labute approximate surface area is 239 Å². The molecule has 0 radical (unpaired) electrons. The van der Waals surface area contributed by atoms with Gasteiger partial charge < -0.3 is 15.0 Å². The molecule has 2 aromatic rings. The number of hydrogen-bond donors (Lipinski definition) is 1. The highest BCUT2D eigenvalue weighted by Crippen LogP contribution is 2.30. The van der Waals surface area contributed by atoms with E-state index in [1.807, 2.05) is 0 Å². The van der Waals surface area contributed by atoms with Gasteiger partial charge in [0, 0.05) is 12.6 Å². The summed E-state index contributed by atoms with van der Waals surface area (Å²) in [6.07, 6.45) is 6.00. The van der Waals surface area contributed by atoms with Crippen LogP contribution in [0.1, 0.15) is 44.6 Å². The third-order valence-corrected chi connectivity index (χ3v) is 8.73. The third kappa shape index (κ3) is 7.91. The van der Waals surface area contributed by atoms with Gasteiger partial charge in [0.2, 0.25) is 21.8 Å². The van der Waals surface area contributed by atoms with Crippen molar-refractivity contribution in [1.29, 1.82) is 0 Å². The fourth-order valence-corrected chi connectivity index (χ4v) is 5.82. The zero-order valence-corrected chi connectivity index (χ0v) is 24.6. The number of rotatable bonds is 10. The lowest BCUT2D eigenvalue weighted by atomic mass is 9.95. The van der Waals surface area contributed by atoms with Crippen molar-refractivity contribution in [3.8, 4) is 5.75 Å². The van der Waals surface area contributed by atoms with Crippen molar-refractivity contribution in [3.63, 3.8) is 0 Å². The Hall–Kier alpha value is -2.20. The minimum absolute atomic E-state index is 0.0238. The molecule has 38 heavy (non-hydrogen) atoms. The fraction of sp³-hybridized carbons (Fsp3) is 0.462. The van der Waals surface area contributed by atoms with Gasteiger partial charge in [0.15, 0.2) is 0 Å². The van der Waals surface area contributed by atoms with Crippen molar-refractivity contribution in [2.45, 2.75) is 57.7 Å². The Morgan fingerprint density at radius 1 is 1.03 bits per heavy atom. The number of carbonyl (C=O) groups excluding carboxylic acids is 2. The van der Waals surface area contributed by atoms with Gasteiger partial charge in [0.1, 0.15) is 18.3 Å². The number of sulfonamides is 1. The molecular formula is C26H32Cl3N3O5S. The van der Waals surface area contributed by atoms with Crippen LogP contribution in [0.2, 0.25) is 15.1 Å². The van der Waals surface area contributed by atoms with E-state index in [9.17, 15) is 18.0 Å². The first-order chi connectivity index (χ1) is 17.9. The van der Waals surface area contributed by atoms with Crippen molar-refractivity contribution >= 4 is 62.3 Å². The first kappa shape index (κ1) is 30.3. The molecule has 208 valence electrons. The first-order valence-electron chi connectivity index (χ1n) is 12.3. The predicted octanol–water partition coefficient (Wildman–Crippen LogP) is 5.29. The molecule has 0 saturated heterocycles. The fourth-order valence-electron chi connectivity index (χ4n) is 4.41. The van der Waals surface area contributed by atoms with Crippen molar-refractivity contribution in [3.05, 3.63) is 57.0 Å². The van der Waals surface area contributed by atoms with E-state index in [4.69, 9.17) is 39.5 Å². The maximum absolute atomic E-state index is 13.7. The number of benzene rings is 2. The van der Waals surface area contributed by atoms with Crippen LogP contribution in [0.5, 0.6) is 5.75 Å². The SMILES string of the molecule is COc1ccc(N(CC(=O)N(Cc2ccc(Cl)c(Cl)c2)C(C)C(=O)NC2CCCCC2)S(C)(=O)=O)cc1Cl. The second-order valence-corrected chi connectivity index (χ2v) is 12.5. The predicted molar refractivity (Wildman–Crippen MR) is 152 cm³/mol. The second-order valence-electron chi connectivity index (χ2n) is 9.38. The van der Waals surface area contributed by atoms with Gasteiger partial charge in [-0.1, -0.05) is 60.1 Å². The molecule has 0 heterocycles. The number of anilines is 1. The molecule has 2 aromatic carbocycles. The number of halogens is 3. The zero-order valence-electron chi connectivity index (χ0n) is 21.5. The second kappa shape index (κ2) is 13.2.